The third-order valence-electron chi connectivity index (χ3n) is 3.97. The number of hydrogen-bond donors (Lipinski definition) is 2. The second-order valence-corrected chi connectivity index (χ2v) is 5.81. The van der Waals surface area contributed by atoms with Crippen LogP contribution < -0.4 is 10.6 Å². The lowest BCUT2D eigenvalue weighted by Gasteiger charge is -2.09. The maximum Gasteiger partial charge on any atom is 0.256 e. The summed E-state index contributed by atoms with van der Waals surface area (Å²) >= 11 is 0. The van der Waals surface area contributed by atoms with Gasteiger partial charge in [0.2, 0.25) is 0 Å². The monoisotopic (exact) mass is 332 g/mol. The maximum atomic E-state index is 12.6. The van der Waals surface area contributed by atoms with E-state index in [1.165, 1.54) is 0 Å². The molecule has 0 aliphatic rings. The highest BCUT2D eigenvalue weighted by Crippen LogP contribution is 2.20. The van der Waals surface area contributed by atoms with Crippen LogP contribution in [0.25, 0.3) is 10.8 Å². The number of fused-ring (bicyclic) bond motifs is 1. The first-order valence-corrected chi connectivity index (χ1v) is 8.36. The highest BCUT2D eigenvalue weighted by atomic mass is 16.2. The van der Waals surface area contributed by atoms with Crippen LogP contribution in [0.5, 0.6) is 0 Å². The van der Waals surface area contributed by atoms with E-state index in [0.29, 0.717) is 23.4 Å². The van der Waals surface area contributed by atoms with Crippen molar-refractivity contribution in [3.63, 3.8) is 0 Å². The summed E-state index contributed by atoms with van der Waals surface area (Å²) in [6.45, 7) is 2.66. The Bertz CT molecular complexity index is 896. The van der Waals surface area contributed by atoms with Crippen molar-refractivity contribution in [2.24, 2.45) is 0 Å². The first kappa shape index (κ1) is 16.7. The van der Waals surface area contributed by atoms with Crippen LogP contribution in [-0.4, -0.2) is 18.4 Å². The van der Waals surface area contributed by atoms with Crippen LogP contribution in [0.2, 0.25) is 0 Å². The predicted octanol–water partition coefficient (Wildman–Crippen LogP) is 4.23. The molecule has 0 saturated carbocycles. The van der Waals surface area contributed by atoms with Crippen LogP contribution in [-0.2, 0) is 0 Å². The minimum Gasteiger partial charge on any atom is -0.352 e. The van der Waals surface area contributed by atoms with Crippen LogP contribution in [0.3, 0.4) is 0 Å². The Balaban J connectivity index is 1.75. The number of nitrogens with one attached hydrogen (secondary N) is 2. The van der Waals surface area contributed by atoms with Crippen LogP contribution in [0.1, 0.15) is 34.1 Å². The molecular weight excluding hydrogens is 312 g/mol. The van der Waals surface area contributed by atoms with E-state index in [9.17, 15) is 9.59 Å². The summed E-state index contributed by atoms with van der Waals surface area (Å²) in [7, 11) is 0. The summed E-state index contributed by atoms with van der Waals surface area (Å²) < 4.78 is 0. The Labute approximate surface area is 146 Å². The third kappa shape index (κ3) is 3.86. The number of carbonyl (C=O) groups excluding carboxylic acids is 2. The maximum absolute atomic E-state index is 12.6. The van der Waals surface area contributed by atoms with Gasteiger partial charge in [0.15, 0.2) is 0 Å². The van der Waals surface area contributed by atoms with Crippen molar-refractivity contribution in [2.75, 3.05) is 11.9 Å². The van der Waals surface area contributed by atoms with E-state index in [1.54, 1.807) is 24.3 Å². The summed E-state index contributed by atoms with van der Waals surface area (Å²) in [4.78, 5) is 24.5. The highest BCUT2D eigenvalue weighted by Gasteiger charge is 2.10. The van der Waals surface area contributed by atoms with Gasteiger partial charge in [0.05, 0.1) is 0 Å². The molecule has 0 aliphatic heterocycles. The van der Waals surface area contributed by atoms with Gasteiger partial charge in [0.25, 0.3) is 11.8 Å². The fraction of sp³-hybridized carbons (Fsp3) is 0.143. The zero-order valence-electron chi connectivity index (χ0n) is 14.1. The molecular formula is C21H20N2O2. The zero-order chi connectivity index (χ0) is 17.6. The van der Waals surface area contributed by atoms with E-state index < -0.39 is 0 Å². The van der Waals surface area contributed by atoms with Crippen molar-refractivity contribution >= 4 is 28.3 Å². The molecule has 4 heteroatoms. The Morgan fingerprint density at radius 2 is 1.56 bits per heavy atom. The van der Waals surface area contributed by atoms with Crippen LogP contribution >= 0.6 is 0 Å². The fourth-order valence-corrected chi connectivity index (χ4v) is 2.67. The second kappa shape index (κ2) is 7.62. The van der Waals surface area contributed by atoms with Gasteiger partial charge in [0.1, 0.15) is 0 Å². The Morgan fingerprint density at radius 1 is 0.840 bits per heavy atom. The van der Waals surface area contributed by atoms with E-state index in [4.69, 9.17) is 0 Å². The molecule has 2 amide bonds. The lowest BCUT2D eigenvalue weighted by molar-refractivity contribution is 0.0953. The van der Waals surface area contributed by atoms with Crippen molar-refractivity contribution in [1.29, 1.82) is 0 Å². The molecule has 2 N–H and O–H groups in total. The Morgan fingerprint density at radius 3 is 2.32 bits per heavy atom. The topological polar surface area (TPSA) is 58.2 Å². The van der Waals surface area contributed by atoms with E-state index >= 15 is 0 Å². The molecule has 25 heavy (non-hydrogen) atoms. The van der Waals surface area contributed by atoms with Crippen molar-refractivity contribution < 1.29 is 9.59 Å². The first-order valence-electron chi connectivity index (χ1n) is 8.36. The Hall–Kier alpha value is -3.14. The average molecular weight is 332 g/mol. The number of amides is 2. The molecule has 0 bridgehead atoms. The molecule has 3 aromatic rings. The predicted molar refractivity (Wildman–Crippen MR) is 101 cm³/mol. The van der Waals surface area contributed by atoms with E-state index in [0.717, 1.165) is 17.2 Å². The quantitative estimate of drug-likeness (QED) is 0.734. The highest BCUT2D eigenvalue weighted by molar-refractivity contribution is 6.13. The summed E-state index contributed by atoms with van der Waals surface area (Å²) in [5.74, 6) is -0.270. The SMILES string of the molecule is CCCNC(=O)c1ccc(NC(=O)c2cccc3ccccc23)cc1. The molecule has 3 aromatic carbocycles. The number of hydrogen-bond acceptors (Lipinski definition) is 2. The molecule has 126 valence electrons. The van der Waals surface area contributed by atoms with E-state index in [-0.39, 0.29) is 11.8 Å². The van der Waals surface area contributed by atoms with Gasteiger partial charge in [0, 0.05) is 23.4 Å². The van der Waals surface area contributed by atoms with Gasteiger partial charge in [-0.05, 0) is 47.5 Å². The minimum absolute atomic E-state index is 0.103. The normalized spacial score (nSPS) is 10.4. The lowest BCUT2D eigenvalue weighted by atomic mass is 10.0. The molecule has 0 aliphatic carbocycles. The second-order valence-electron chi connectivity index (χ2n) is 5.81. The molecule has 0 atom stereocenters. The largest absolute Gasteiger partial charge is 0.352 e. The average Bonchev–Trinajstić information content (AvgIpc) is 2.66. The van der Waals surface area contributed by atoms with Gasteiger partial charge < -0.3 is 10.6 Å². The van der Waals surface area contributed by atoms with Gasteiger partial charge >= 0.3 is 0 Å². The molecule has 0 unspecified atom stereocenters. The standard InChI is InChI=1S/C21H20N2O2/c1-2-14-22-20(24)16-10-12-17(13-11-16)23-21(25)19-9-5-7-15-6-3-4-8-18(15)19/h3-13H,2,14H2,1H3,(H,22,24)(H,23,25). The summed E-state index contributed by atoms with van der Waals surface area (Å²) in [6, 6.07) is 20.4. The molecule has 0 radical (unpaired) electrons. The van der Waals surface area contributed by atoms with Crippen LogP contribution in [0.15, 0.2) is 66.7 Å². The van der Waals surface area contributed by atoms with Crippen molar-refractivity contribution in [3.8, 4) is 0 Å². The van der Waals surface area contributed by atoms with Gasteiger partial charge in [-0.2, -0.15) is 0 Å². The molecule has 0 fully saturated rings. The van der Waals surface area contributed by atoms with Crippen molar-refractivity contribution in [2.45, 2.75) is 13.3 Å². The number of rotatable bonds is 5. The molecule has 0 aromatic heterocycles. The molecule has 0 saturated heterocycles. The smallest absolute Gasteiger partial charge is 0.256 e. The van der Waals surface area contributed by atoms with E-state index in [2.05, 4.69) is 10.6 Å². The first-order chi connectivity index (χ1) is 12.2. The van der Waals surface area contributed by atoms with Crippen molar-refractivity contribution in [3.05, 3.63) is 77.9 Å². The summed E-state index contributed by atoms with van der Waals surface area (Å²) in [5, 5.41) is 7.66. The molecule has 4 nitrogen and oxygen atoms in total. The fourth-order valence-electron chi connectivity index (χ4n) is 2.67. The number of carbonyl (C=O) groups is 2. The van der Waals surface area contributed by atoms with Gasteiger partial charge in [-0.3, -0.25) is 9.59 Å². The third-order valence-corrected chi connectivity index (χ3v) is 3.97. The van der Waals surface area contributed by atoms with E-state index in [1.807, 2.05) is 49.4 Å². The molecule has 0 heterocycles. The zero-order valence-corrected chi connectivity index (χ0v) is 14.1. The molecule has 0 spiro atoms. The summed E-state index contributed by atoms with van der Waals surface area (Å²) in [5.41, 5.74) is 1.87. The van der Waals surface area contributed by atoms with Crippen molar-refractivity contribution in [1.82, 2.24) is 5.32 Å². The molecule has 3 rings (SSSR count). The van der Waals surface area contributed by atoms with Crippen LogP contribution in [0.4, 0.5) is 5.69 Å². The van der Waals surface area contributed by atoms with Gasteiger partial charge in [-0.15, -0.1) is 0 Å². The summed E-state index contributed by atoms with van der Waals surface area (Å²) in [6.07, 6.45) is 0.894. The van der Waals surface area contributed by atoms with Crippen LogP contribution in [0, 0.1) is 0 Å². The van der Waals surface area contributed by atoms with Gasteiger partial charge in [-0.25, -0.2) is 0 Å². The van der Waals surface area contributed by atoms with Gasteiger partial charge in [-0.1, -0.05) is 43.3 Å². The Kier molecular flexibility index (Phi) is 5.09. The minimum atomic E-state index is -0.167. The number of anilines is 1. The number of benzene rings is 3. The lowest BCUT2D eigenvalue weighted by Crippen LogP contribution is -2.23.